The first-order valence-electron chi connectivity index (χ1n) is 16.7. The molecule has 2 amide bonds. The number of H-pyrrole nitrogens is 1. The summed E-state index contributed by atoms with van der Waals surface area (Å²) in [4.78, 5) is 41.7. The Morgan fingerprint density at radius 2 is 1.80 bits per heavy atom. The van der Waals surface area contributed by atoms with Crippen molar-refractivity contribution < 1.29 is 28.6 Å². The van der Waals surface area contributed by atoms with Gasteiger partial charge >= 0.3 is 5.97 Å². The van der Waals surface area contributed by atoms with Crippen LogP contribution in [0.25, 0.3) is 22.0 Å². The second-order valence-electron chi connectivity index (χ2n) is 12.8. The number of aryl methyl sites for hydroxylation is 5. The number of hydrogen-bond acceptors (Lipinski definition) is 6. The molecule has 3 heterocycles. The summed E-state index contributed by atoms with van der Waals surface area (Å²) in [5, 5.41) is 21.3. The highest BCUT2D eigenvalue weighted by Crippen LogP contribution is 2.36. The molecular formula is C38H44ClN5O6. The number of fused-ring (bicyclic) bond motifs is 1. The van der Waals surface area contributed by atoms with Gasteiger partial charge in [0.1, 0.15) is 23.2 Å². The van der Waals surface area contributed by atoms with Gasteiger partial charge < -0.3 is 29.9 Å². The highest BCUT2D eigenvalue weighted by Gasteiger charge is 2.27. The number of nitrogens with one attached hydrogen (secondary N) is 3. The first-order chi connectivity index (χ1) is 23.8. The molecule has 0 aliphatic carbocycles. The highest BCUT2D eigenvalue weighted by atomic mass is 35.5. The molecular weight excluding hydrogens is 658 g/mol. The van der Waals surface area contributed by atoms with Crippen molar-refractivity contribution in [1.29, 1.82) is 0 Å². The maximum Gasteiger partial charge on any atom is 0.326 e. The van der Waals surface area contributed by atoms with Gasteiger partial charge in [0.15, 0.2) is 5.76 Å². The van der Waals surface area contributed by atoms with E-state index in [1.54, 1.807) is 13.0 Å². The number of carboxylic acids is 1. The van der Waals surface area contributed by atoms with E-state index >= 15 is 0 Å². The van der Waals surface area contributed by atoms with Crippen LogP contribution in [0.4, 0.5) is 0 Å². The molecule has 4 N–H and O–H groups in total. The summed E-state index contributed by atoms with van der Waals surface area (Å²) in [6.07, 6.45) is 1.79. The Morgan fingerprint density at radius 3 is 2.44 bits per heavy atom. The van der Waals surface area contributed by atoms with E-state index in [1.807, 2.05) is 76.7 Å². The number of carboxylic acid groups (broad SMARTS) is 1. The summed E-state index contributed by atoms with van der Waals surface area (Å²) >= 11 is 6.34. The van der Waals surface area contributed by atoms with Crippen molar-refractivity contribution in [2.24, 2.45) is 13.0 Å². The molecule has 11 nitrogen and oxygen atoms in total. The van der Waals surface area contributed by atoms with Crippen LogP contribution in [-0.2, 0) is 24.8 Å². The largest absolute Gasteiger partial charge is 0.494 e. The van der Waals surface area contributed by atoms with Crippen molar-refractivity contribution in [1.82, 2.24) is 25.4 Å². The van der Waals surface area contributed by atoms with E-state index in [1.165, 1.54) is 6.07 Å². The van der Waals surface area contributed by atoms with E-state index in [-0.39, 0.29) is 24.1 Å². The minimum Gasteiger partial charge on any atom is -0.494 e. The topological polar surface area (TPSA) is 151 Å². The third kappa shape index (κ3) is 7.57. The van der Waals surface area contributed by atoms with Gasteiger partial charge in [0, 0.05) is 34.3 Å². The van der Waals surface area contributed by atoms with Crippen molar-refractivity contribution in [3.63, 3.8) is 0 Å². The Bertz CT molecular complexity index is 2030. The van der Waals surface area contributed by atoms with Crippen LogP contribution >= 0.6 is 11.6 Å². The Labute approximate surface area is 296 Å². The van der Waals surface area contributed by atoms with E-state index < -0.39 is 17.9 Å². The van der Waals surface area contributed by atoms with Gasteiger partial charge in [-0.2, -0.15) is 5.10 Å². The molecule has 0 saturated heterocycles. The Kier molecular flexibility index (Phi) is 11.1. The van der Waals surface area contributed by atoms with Gasteiger partial charge in [-0.15, -0.1) is 0 Å². The first-order valence-corrected chi connectivity index (χ1v) is 17.1. The molecule has 0 radical (unpaired) electrons. The zero-order valence-corrected chi connectivity index (χ0v) is 30.2. The molecule has 0 spiro atoms. The van der Waals surface area contributed by atoms with Crippen LogP contribution in [0.1, 0.15) is 81.6 Å². The fourth-order valence-corrected chi connectivity index (χ4v) is 6.38. The maximum atomic E-state index is 13.8. The molecule has 2 unspecified atom stereocenters. The predicted molar refractivity (Wildman–Crippen MR) is 193 cm³/mol. The number of hydrogen-bond donors (Lipinski definition) is 4. The van der Waals surface area contributed by atoms with Crippen molar-refractivity contribution in [2.75, 3.05) is 6.61 Å². The zero-order chi connectivity index (χ0) is 36.3. The summed E-state index contributed by atoms with van der Waals surface area (Å²) in [6.45, 7) is 12.0. The summed E-state index contributed by atoms with van der Waals surface area (Å²) in [5.74, 6) is -1.28. The lowest BCUT2D eigenvalue weighted by atomic mass is 9.98. The molecule has 2 atom stereocenters. The Hall–Kier alpha value is -5.03. The number of carbonyl (C=O) groups excluding carboxylic acids is 2. The van der Waals surface area contributed by atoms with Gasteiger partial charge in [0.05, 0.1) is 24.4 Å². The minimum absolute atomic E-state index is 0.0146. The number of aromatic nitrogens is 3. The van der Waals surface area contributed by atoms with E-state index in [9.17, 15) is 19.5 Å². The molecule has 5 aromatic rings. The molecule has 0 aliphatic heterocycles. The maximum absolute atomic E-state index is 13.8. The summed E-state index contributed by atoms with van der Waals surface area (Å²) in [7, 11) is 1.91. The van der Waals surface area contributed by atoms with Crippen LogP contribution in [0, 0.1) is 33.6 Å². The number of aromatic amines is 1. The molecule has 5 rings (SSSR count). The number of rotatable bonds is 14. The van der Waals surface area contributed by atoms with Crippen LogP contribution in [-0.4, -0.2) is 50.3 Å². The summed E-state index contributed by atoms with van der Waals surface area (Å²) in [5.41, 5.74) is 7.87. The van der Waals surface area contributed by atoms with Crippen molar-refractivity contribution >= 4 is 40.3 Å². The molecule has 0 bridgehead atoms. The quantitative estimate of drug-likeness (QED) is 0.0893. The number of para-hydroxylation sites is 1. The van der Waals surface area contributed by atoms with Crippen LogP contribution in [0.5, 0.6) is 5.75 Å². The summed E-state index contributed by atoms with van der Waals surface area (Å²) < 4.78 is 13.6. The summed E-state index contributed by atoms with van der Waals surface area (Å²) in [6, 6.07) is 11.9. The van der Waals surface area contributed by atoms with Gasteiger partial charge in [0.2, 0.25) is 0 Å². The van der Waals surface area contributed by atoms with Gasteiger partial charge in [-0.1, -0.05) is 50.1 Å². The SMILES string of the molecule is CCC(C)C(NC(=O)c1ccc(CNC(=O)c2[nH]c3c(-c4c(C)nn(C)c4C)cccc3c2CCCOc2cc(C)c(Cl)c(C)c2)o1)C(=O)O. The molecule has 264 valence electrons. The van der Waals surface area contributed by atoms with Gasteiger partial charge in [-0.3, -0.25) is 14.3 Å². The van der Waals surface area contributed by atoms with Crippen molar-refractivity contribution in [2.45, 2.75) is 73.4 Å². The van der Waals surface area contributed by atoms with Gasteiger partial charge in [-0.05, 0) is 87.4 Å². The number of nitrogens with zero attached hydrogens (tertiary/aromatic N) is 2. The number of amides is 2. The average molecular weight is 702 g/mol. The Morgan fingerprint density at radius 1 is 1.08 bits per heavy atom. The normalized spacial score (nSPS) is 12.6. The number of furan rings is 1. The third-order valence-corrected chi connectivity index (χ3v) is 9.87. The standard InChI is InChI=1S/C38H44ClN5O6/c1-8-20(2)33(38(47)48)42-36(45)30-15-14-25(50-30)19-40-37(46)35-28(13-10-16-49-26-17-21(3)32(39)22(4)18-26)27-11-9-12-29(34(27)41-35)31-23(5)43-44(7)24(31)6/h9,11-12,14-15,17-18,20,33,41H,8,10,13,16,19H2,1-7H3,(H,40,46)(H,42,45)(H,47,48). The Balaban J connectivity index is 1.38. The number of aliphatic carboxylic acids is 1. The zero-order valence-electron chi connectivity index (χ0n) is 29.5. The van der Waals surface area contributed by atoms with E-state index in [0.29, 0.717) is 37.3 Å². The molecule has 0 fully saturated rings. The number of carbonyl (C=O) groups is 3. The van der Waals surface area contributed by atoms with Crippen molar-refractivity contribution in [3.05, 3.63) is 92.8 Å². The lowest BCUT2D eigenvalue weighted by Crippen LogP contribution is -2.44. The fourth-order valence-electron chi connectivity index (χ4n) is 6.27. The van der Waals surface area contributed by atoms with Crippen LogP contribution in [0.3, 0.4) is 0 Å². The van der Waals surface area contributed by atoms with Crippen LogP contribution in [0.15, 0.2) is 46.9 Å². The second-order valence-corrected chi connectivity index (χ2v) is 13.2. The lowest BCUT2D eigenvalue weighted by molar-refractivity contribution is -0.140. The average Bonchev–Trinajstić information content (AvgIpc) is 3.78. The van der Waals surface area contributed by atoms with E-state index in [2.05, 4.69) is 20.7 Å². The number of halogens is 1. The van der Waals surface area contributed by atoms with Crippen molar-refractivity contribution in [3.8, 4) is 16.9 Å². The fraction of sp³-hybridized carbons (Fsp3) is 0.368. The molecule has 0 saturated carbocycles. The lowest BCUT2D eigenvalue weighted by Gasteiger charge is -2.19. The molecule has 0 aliphatic rings. The molecule has 2 aromatic carbocycles. The molecule has 50 heavy (non-hydrogen) atoms. The monoisotopic (exact) mass is 701 g/mol. The second kappa shape index (κ2) is 15.2. The smallest absolute Gasteiger partial charge is 0.326 e. The third-order valence-electron chi connectivity index (χ3n) is 9.27. The molecule has 3 aromatic heterocycles. The van der Waals surface area contributed by atoms with Gasteiger partial charge in [0.25, 0.3) is 11.8 Å². The highest BCUT2D eigenvalue weighted by molar-refractivity contribution is 6.32. The predicted octanol–water partition coefficient (Wildman–Crippen LogP) is 7.22. The molecule has 12 heteroatoms. The minimum atomic E-state index is -1.11. The van der Waals surface area contributed by atoms with E-state index in [0.717, 1.165) is 60.9 Å². The van der Waals surface area contributed by atoms with E-state index in [4.69, 9.17) is 20.8 Å². The van der Waals surface area contributed by atoms with Crippen LogP contribution in [0.2, 0.25) is 5.02 Å². The van der Waals surface area contributed by atoms with Crippen LogP contribution < -0.4 is 15.4 Å². The first kappa shape index (κ1) is 36.3. The number of ether oxygens (including phenoxy) is 1. The van der Waals surface area contributed by atoms with Gasteiger partial charge in [-0.25, -0.2) is 4.79 Å². The number of benzene rings is 2.